The summed E-state index contributed by atoms with van der Waals surface area (Å²) in [5.41, 5.74) is 1.07. The first-order chi connectivity index (χ1) is 37.3. The molecule has 500 valence electrons. The second-order valence-corrected chi connectivity index (χ2v) is 42.2. The maximum atomic E-state index is 11.3. The minimum Gasteiger partial charge on any atom is -0.450 e. The van der Waals surface area contributed by atoms with Crippen molar-refractivity contribution in [3.8, 4) is 0 Å². The molecule has 26 nitrogen and oxygen atoms in total. The van der Waals surface area contributed by atoms with Gasteiger partial charge in [0.2, 0.25) is 26.0 Å². The SMILES string of the molecule is C=CS(=O)(=O)CC.C=CS(=O)(=O)NCC.CCC(=O)CSS(C)(=O)=O.CCNC(=O)CSS(C)(=O)=O.CCNS(C)(=O)=O.CCOC(=O)NCSS(C)(=O)=O.CCS(=O)(=O)c1ccc(C)cc1.CCS(C)(=O)=O.CCS(C)=O.CCS(C)=O. The number of nitrogens with one attached hydrogen (secondary N) is 4. The van der Waals surface area contributed by atoms with E-state index in [0.717, 1.165) is 52.9 Å². The second-order valence-electron chi connectivity index (χ2n) is 14.9. The zero-order valence-corrected chi connectivity index (χ0v) is 61.5. The fourth-order valence-corrected chi connectivity index (χ4v) is 8.96. The van der Waals surface area contributed by atoms with Gasteiger partial charge >= 0.3 is 6.09 Å². The lowest BCUT2D eigenvalue weighted by atomic mass is 10.2. The van der Waals surface area contributed by atoms with Crippen LogP contribution >= 0.6 is 32.4 Å². The predicted molar refractivity (Wildman–Crippen MR) is 351 cm³/mol. The molecule has 0 saturated carbocycles. The van der Waals surface area contributed by atoms with Gasteiger partial charge in [0.15, 0.2) is 46.3 Å². The number of benzene rings is 1. The summed E-state index contributed by atoms with van der Waals surface area (Å²) in [6.45, 7) is 27.1. The standard InChI is InChI=1S/C9H12O2S.C5H11NO4S2.C5H11NO3S2.C5H10O3S2.C4H9NO2S.C4H8O2S.C3H9NO2S.C3H8O2S.2C3H8OS/c1-3-12(10,11)9-6-4-8(2)5-7-9;1-3-10-5(7)6-4-11-12(2,8)9;1-3-6-5(7)4-10-11(2,8)9;1-3-5(6)4-9-10(2,7)8;1-3-5-8(6,7)4-2;1-3-7(5,6)4-2;1-3-4-7(2,5)6;1-3-6(2,4)5;2*1-3-5(2)4/h4-7H,3H2,1-2H3;3-4H2,1-2H3,(H,6,7);3-4H2,1-2H3,(H,6,7);3-4H2,1-2H3;4-5H,2-3H2,1H3;3H,1,4H2,2H3;4H,3H2,1-2H3;3H2,1-2H3;2*3H2,1-2H3. The Bertz CT molecular complexity index is 2890. The van der Waals surface area contributed by atoms with E-state index >= 15 is 0 Å². The van der Waals surface area contributed by atoms with Gasteiger partial charge in [-0.3, -0.25) is 18.0 Å². The number of aryl methyl sites for hydroxylation is 1. The molecule has 2 atom stereocenters. The van der Waals surface area contributed by atoms with E-state index in [9.17, 15) is 90.1 Å². The van der Waals surface area contributed by atoms with Crippen LogP contribution in [0.15, 0.2) is 53.1 Å². The van der Waals surface area contributed by atoms with E-state index in [1.807, 2.05) is 32.9 Å². The van der Waals surface area contributed by atoms with Crippen molar-refractivity contribution in [3.05, 3.63) is 53.8 Å². The molecule has 0 aliphatic heterocycles. The highest BCUT2D eigenvalue weighted by Gasteiger charge is 2.10. The van der Waals surface area contributed by atoms with Crippen LogP contribution in [-0.2, 0) is 112 Å². The van der Waals surface area contributed by atoms with E-state index < -0.39 is 104 Å². The summed E-state index contributed by atoms with van der Waals surface area (Å²) in [5.74, 6) is 1.90. The van der Waals surface area contributed by atoms with Crippen LogP contribution in [0.4, 0.5) is 4.79 Å². The van der Waals surface area contributed by atoms with E-state index in [1.54, 1.807) is 80.0 Å². The topological polar surface area (TPSA) is 416 Å². The third-order valence-corrected chi connectivity index (χ3v) is 22.1. The molecular formula is C44H94N4O22S13. The molecule has 4 N–H and O–H groups in total. The van der Waals surface area contributed by atoms with Crippen LogP contribution in [0, 0.1) is 6.92 Å². The summed E-state index contributed by atoms with van der Waals surface area (Å²) < 4.78 is 196. The maximum absolute atomic E-state index is 11.3. The first-order valence-corrected chi connectivity index (χ1v) is 46.5. The van der Waals surface area contributed by atoms with Gasteiger partial charge in [-0.2, -0.15) is 0 Å². The zero-order valence-electron chi connectivity index (χ0n) is 50.9. The second kappa shape index (κ2) is 56.5. The number of sulfone groups is 3. The van der Waals surface area contributed by atoms with Gasteiger partial charge < -0.3 is 15.4 Å². The van der Waals surface area contributed by atoms with Crippen LogP contribution in [0.2, 0.25) is 0 Å². The lowest BCUT2D eigenvalue weighted by Gasteiger charge is -2.02. The summed E-state index contributed by atoms with van der Waals surface area (Å²) in [7, 11) is -23.0. The van der Waals surface area contributed by atoms with Crippen molar-refractivity contribution in [2.24, 2.45) is 0 Å². The van der Waals surface area contributed by atoms with Crippen molar-refractivity contribution in [3.63, 3.8) is 0 Å². The van der Waals surface area contributed by atoms with Gasteiger partial charge in [0.1, 0.15) is 15.6 Å². The summed E-state index contributed by atoms with van der Waals surface area (Å²) in [5, 5.41) is 6.61. The van der Waals surface area contributed by atoms with Gasteiger partial charge in [0, 0.05) is 113 Å². The highest BCUT2D eigenvalue weighted by Crippen LogP contribution is 2.12. The molecule has 0 aliphatic carbocycles. The van der Waals surface area contributed by atoms with E-state index in [1.165, 1.54) is 6.26 Å². The summed E-state index contributed by atoms with van der Waals surface area (Å²) >= 11 is 0. The van der Waals surface area contributed by atoms with Crippen LogP contribution in [0.5, 0.6) is 0 Å². The van der Waals surface area contributed by atoms with Crippen molar-refractivity contribution >= 4 is 148 Å². The first-order valence-electron chi connectivity index (χ1n) is 24.0. The quantitative estimate of drug-likeness (QED) is 0.0847. The molecule has 0 heterocycles. The molecule has 2 unspecified atom stereocenters. The van der Waals surface area contributed by atoms with E-state index in [4.69, 9.17) is 0 Å². The Labute approximate surface area is 515 Å². The van der Waals surface area contributed by atoms with Crippen molar-refractivity contribution in [2.75, 3.05) is 116 Å². The van der Waals surface area contributed by atoms with Crippen LogP contribution < -0.4 is 20.1 Å². The normalized spacial score (nSPS) is 11.7. The third-order valence-electron chi connectivity index (χ3n) is 7.10. The van der Waals surface area contributed by atoms with Gasteiger partial charge in [-0.15, -0.1) is 0 Å². The minimum atomic E-state index is -3.16. The number of hydrogen-bond donors (Lipinski definition) is 4. The maximum Gasteiger partial charge on any atom is 0.407 e. The molecule has 2 amide bonds. The molecule has 0 aromatic heterocycles. The van der Waals surface area contributed by atoms with Crippen molar-refractivity contribution < 1.29 is 94.9 Å². The molecule has 0 spiro atoms. The molecule has 0 bridgehead atoms. The molecule has 1 aromatic rings. The fraction of sp³-hybridized carbons (Fsp3) is 0.705. The number of amides is 2. The lowest BCUT2D eigenvalue weighted by molar-refractivity contribution is -0.118. The molecule has 0 aliphatic rings. The molecule has 1 rings (SSSR count). The largest absolute Gasteiger partial charge is 0.450 e. The Balaban J connectivity index is -0.000000106. The molecule has 39 heteroatoms. The van der Waals surface area contributed by atoms with Gasteiger partial charge in [0.25, 0.3) is 0 Å². The molecule has 0 fully saturated rings. The number of ketones is 1. The van der Waals surface area contributed by atoms with Crippen molar-refractivity contribution in [1.82, 2.24) is 20.1 Å². The van der Waals surface area contributed by atoms with E-state index in [0.29, 0.717) is 63.3 Å². The van der Waals surface area contributed by atoms with Gasteiger partial charge in [-0.1, -0.05) is 86.2 Å². The van der Waals surface area contributed by atoms with Gasteiger partial charge in [-0.05, 0) is 65.3 Å². The number of ether oxygens (including phenoxy) is 1. The third kappa shape index (κ3) is 105. The van der Waals surface area contributed by atoms with Crippen molar-refractivity contribution in [1.29, 1.82) is 0 Å². The van der Waals surface area contributed by atoms with Crippen LogP contribution in [0.3, 0.4) is 0 Å². The van der Waals surface area contributed by atoms with Crippen LogP contribution in [0.25, 0.3) is 0 Å². The highest BCUT2D eigenvalue weighted by atomic mass is 33.1. The van der Waals surface area contributed by atoms with Gasteiger partial charge in [-0.25, -0.2) is 81.6 Å². The predicted octanol–water partition coefficient (Wildman–Crippen LogP) is 3.65. The Hall–Kier alpha value is -2.02. The zero-order chi connectivity index (χ0) is 68.1. The number of alkyl carbamates (subject to hydrolysis) is 1. The number of carbonyl (C=O) groups excluding carboxylic acids is 3. The fourth-order valence-electron chi connectivity index (χ4n) is 2.61. The monoisotopic (exact) mass is 1450 g/mol. The Morgan fingerprint density at radius 1 is 0.554 bits per heavy atom. The summed E-state index contributed by atoms with van der Waals surface area (Å²) in [6, 6.07) is 6.91. The Kier molecular flexibility index (Phi) is 68.0. The Morgan fingerprint density at radius 2 is 0.940 bits per heavy atom. The average Bonchev–Trinajstić information content (AvgIpc) is 3.35. The Morgan fingerprint density at radius 3 is 1.16 bits per heavy atom. The van der Waals surface area contributed by atoms with Crippen molar-refractivity contribution in [2.45, 2.75) is 87.5 Å². The molecule has 83 heavy (non-hydrogen) atoms. The van der Waals surface area contributed by atoms with Gasteiger partial charge in [0.05, 0.1) is 46.6 Å². The molecular weight excluding hydrogens is 1350 g/mol. The van der Waals surface area contributed by atoms with Crippen LogP contribution in [-0.4, -0.2) is 210 Å². The summed E-state index contributed by atoms with van der Waals surface area (Å²) in [4.78, 5) is 32.3. The number of rotatable bonds is 24. The smallest absolute Gasteiger partial charge is 0.407 e. The molecule has 1 aromatic carbocycles. The average molecular weight is 1450 g/mol. The number of sulfonamides is 2. The first kappa shape index (κ1) is 100.0. The van der Waals surface area contributed by atoms with E-state index in [-0.39, 0.29) is 52.9 Å². The molecule has 0 radical (unpaired) electrons. The summed E-state index contributed by atoms with van der Waals surface area (Å²) in [6.07, 6.45) is 8.79. The highest BCUT2D eigenvalue weighted by molar-refractivity contribution is 8.72. The van der Waals surface area contributed by atoms with Crippen LogP contribution in [0.1, 0.15) is 81.2 Å². The lowest BCUT2D eigenvalue weighted by Crippen LogP contribution is -2.24. The van der Waals surface area contributed by atoms with E-state index in [2.05, 4.69) is 38.0 Å². The number of Topliss-reactive ketones (excluding diaryl/α,β-unsaturated/α-hetero) is 1. The number of carbonyl (C=O) groups is 3. The number of hydrogen-bond acceptors (Lipinski definition) is 25. The molecule has 0 saturated heterocycles. The minimum absolute atomic E-state index is 0.0116.